The second kappa shape index (κ2) is 6.53. The van der Waals surface area contributed by atoms with Crippen LogP contribution in [0.15, 0.2) is 29.2 Å². The van der Waals surface area contributed by atoms with Crippen LogP contribution in [0.2, 0.25) is 0 Å². The molecule has 0 radical (unpaired) electrons. The van der Waals surface area contributed by atoms with E-state index in [2.05, 4.69) is 0 Å². The van der Waals surface area contributed by atoms with E-state index in [-0.39, 0.29) is 30.4 Å². The predicted molar refractivity (Wildman–Crippen MR) is 79.2 cm³/mol. The van der Waals surface area contributed by atoms with Gasteiger partial charge in [0.15, 0.2) is 9.84 Å². The maximum absolute atomic E-state index is 12.9. The summed E-state index contributed by atoms with van der Waals surface area (Å²) in [6.07, 6.45) is -1.16. The van der Waals surface area contributed by atoms with E-state index >= 15 is 0 Å². The van der Waals surface area contributed by atoms with Gasteiger partial charge in [0, 0.05) is 26.6 Å². The Morgan fingerprint density at radius 1 is 1.26 bits per heavy atom. The zero-order chi connectivity index (χ0) is 17.2. The molecule has 7 nitrogen and oxygen atoms in total. The van der Waals surface area contributed by atoms with Gasteiger partial charge in [-0.2, -0.15) is 0 Å². The smallest absolute Gasteiger partial charge is 0.407 e. The van der Waals surface area contributed by atoms with Gasteiger partial charge in [-0.3, -0.25) is 4.79 Å². The van der Waals surface area contributed by atoms with Crippen molar-refractivity contribution in [3.63, 3.8) is 0 Å². The number of carbonyl (C=O) groups excluding carboxylic acids is 1. The lowest BCUT2D eigenvalue weighted by atomic mass is 10.2. The number of amides is 2. The number of carbonyl (C=O) groups is 2. The molecule has 9 heteroatoms. The summed E-state index contributed by atoms with van der Waals surface area (Å²) in [6, 6.07) is 3.62. The van der Waals surface area contributed by atoms with Crippen LogP contribution in [0.25, 0.3) is 0 Å². The molecule has 1 heterocycles. The van der Waals surface area contributed by atoms with Crippen LogP contribution in [0.4, 0.5) is 9.18 Å². The molecule has 2 amide bonds. The fourth-order valence-electron chi connectivity index (χ4n) is 2.58. The van der Waals surface area contributed by atoms with Crippen LogP contribution in [0, 0.1) is 5.82 Å². The summed E-state index contributed by atoms with van der Waals surface area (Å²) >= 11 is 0. The summed E-state index contributed by atoms with van der Waals surface area (Å²) in [5.74, 6) is -1.28. The molecule has 1 aliphatic heterocycles. The van der Waals surface area contributed by atoms with Crippen molar-refractivity contribution in [1.29, 1.82) is 0 Å². The summed E-state index contributed by atoms with van der Waals surface area (Å²) in [5, 5.41) is 9.06. The summed E-state index contributed by atoms with van der Waals surface area (Å²) in [4.78, 5) is 25.1. The maximum Gasteiger partial charge on any atom is 0.407 e. The molecule has 2 rings (SSSR count). The van der Waals surface area contributed by atoms with Gasteiger partial charge in [0.2, 0.25) is 5.91 Å². The van der Waals surface area contributed by atoms with Crippen molar-refractivity contribution in [2.75, 3.05) is 25.4 Å². The Morgan fingerprint density at radius 2 is 1.87 bits per heavy atom. The minimum Gasteiger partial charge on any atom is -0.465 e. The molecule has 0 aliphatic carbocycles. The highest BCUT2D eigenvalue weighted by Gasteiger charge is 2.34. The van der Waals surface area contributed by atoms with E-state index < -0.39 is 33.5 Å². The normalized spacial score (nSPS) is 18.8. The second-order valence-electron chi connectivity index (χ2n) is 5.33. The highest BCUT2D eigenvalue weighted by molar-refractivity contribution is 7.91. The van der Waals surface area contributed by atoms with E-state index in [4.69, 9.17) is 5.11 Å². The SMILES string of the molecule is CC(=O)N1CCN(C(=O)O)CC1CS(=O)(=O)c1ccc(F)cc1. The molecule has 1 atom stereocenters. The van der Waals surface area contributed by atoms with Crippen molar-refractivity contribution in [2.24, 2.45) is 0 Å². The van der Waals surface area contributed by atoms with Crippen LogP contribution in [0.3, 0.4) is 0 Å². The van der Waals surface area contributed by atoms with E-state index in [1.165, 1.54) is 11.8 Å². The van der Waals surface area contributed by atoms with Gasteiger partial charge < -0.3 is 14.9 Å². The first kappa shape index (κ1) is 17.2. The quantitative estimate of drug-likeness (QED) is 0.819. The Labute approximate surface area is 133 Å². The molecule has 126 valence electrons. The van der Waals surface area contributed by atoms with Gasteiger partial charge in [0.1, 0.15) is 5.82 Å². The van der Waals surface area contributed by atoms with E-state index in [1.54, 1.807) is 0 Å². The average Bonchev–Trinajstić information content (AvgIpc) is 2.46. The van der Waals surface area contributed by atoms with Crippen molar-refractivity contribution in [3.8, 4) is 0 Å². The van der Waals surface area contributed by atoms with E-state index in [0.29, 0.717) is 0 Å². The zero-order valence-corrected chi connectivity index (χ0v) is 13.3. The second-order valence-corrected chi connectivity index (χ2v) is 7.36. The monoisotopic (exact) mass is 344 g/mol. The third kappa shape index (κ3) is 3.98. The molecule has 23 heavy (non-hydrogen) atoms. The van der Waals surface area contributed by atoms with Crippen molar-refractivity contribution in [2.45, 2.75) is 17.9 Å². The maximum atomic E-state index is 12.9. The molecule has 1 unspecified atom stereocenters. The Morgan fingerprint density at radius 3 is 2.39 bits per heavy atom. The minimum absolute atomic E-state index is 0.0603. The van der Waals surface area contributed by atoms with E-state index in [9.17, 15) is 22.4 Å². The summed E-state index contributed by atoms with van der Waals surface area (Å²) in [5.41, 5.74) is 0. The average molecular weight is 344 g/mol. The number of nitrogens with zero attached hydrogens (tertiary/aromatic N) is 2. The molecule has 1 aliphatic rings. The number of carboxylic acid groups (broad SMARTS) is 1. The number of benzene rings is 1. The van der Waals surface area contributed by atoms with Gasteiger partial charge in [0.05, 0.1) is 16.7 Å². The lowest BCUT2D eigenvalue weighted by Crippen LogP contribution is -2.58. The number of piperazine rings is 1. The van der Waals surface area contributed by atoms with Gasteiger partial charge in [-0.25, -0.2) is 17.6 Å². The van der Waals surface area contributed by atoms with Crippen LogP contribution in [-0.4, -0.2) is 66.8 Å². The Hall–Kier alpha value is -2.16. The molecule has 1 N–H and O–H groups in total. The van der Waals surface area contributed by atoms with E-state index in [0.717, 1.165) is 29.2 Å². The van der Waals surface area contributed by atoms with E-state index in [1.807, 2.05) is 0 Å². The van der Waals surface area contributed by atoms with Crippen molar-refractivity contribution < 1.29 is 27.5 Å². The Kier molecular flexibility index (Phi) is 4.88. The lowest BCUT2D eigenvalue weighted by Gasteiger charge is -2.39. The molecule has 1 aromatic rings. The highest BCUT2D eigenvalue weighted by Crippen LogP contribution is 2.18. The third-order valence-corrected chi connectivity index (χ3v) is 5.56. The zero-order valence-electron chi connectivity index (χ0n) is 12.5. The van der Waals surface area contributed by atoms with Gasteiger partial charge in [-0.15, -0.1) is 0 Å². The molecule has 0 saturated carbocycles. The summed E-state index contributed by atoms with van der Waals surface area (Å²) < 4.78 is 37.8. The fourth-order valence-corrected chi connectivity index (χ4v) is 4.11. The standard InChI is InChI=1S/C14H17FN2O5S/c1-10(18)17-7-6-16(14(19)20)8-12(17)9-23(21,22)13-4-2-11(15)3-5-13/h2-5,12H,6-9H2,1H3,(H,19,20). The summed E-state index contributed by atoms with van der Waals surface area (Å²) in [7, 11) is -3.77. The van der Waals surface area contributed by atoms with Crippen molar-refractivity contribution in [3.05, 3.63) is 30.1 Å². The molecule has 1 aromatic carbocycles. The van der Waals surface area contributed by atoms with Gasteiger partial charge >= 0.3 is 6.09 Å². The van der Waals surface area contributed by atoms with Crippen LogP contribution in [0.5, 0.6) is 0 Å². The number of hydrogen-bond acceptors (Lipinski definition) is 4. The number of rotatable bonds is 3. The van der Waals surface area contributed by atoms with Gasteiger partial charge in [-0.05, 0) is 24.3 Å². The predicted octanol–water partition coefficient (Wildman–Crippen LogP) is 0.810. The first-order valence-electron chi connectivity index (χ1n) is 6.94. The topological polar surface area (TPSA) is 95.0 Å². The largest absolute Gasteiger partial charge is 0.465 e. The number of halogens is 1. The number of hydrogen-bond donors (Lipinski definition) is 1. The van der Waals surface area contributed by atoms with Crippen LogP contribution < -0.4 is 0 Å². The fraction of sp³-hybridized carbons (Fsp3) is 0.429. The van der Waals surface area contributed by atoms with Crippen molar-refractivity contribution in [1.82, 2.24) is 9.80 Å². The molecule has 0 aromatic heterocycles. The Bertz CT molecular complexity index is 704. The Balaban J connectivity index is 2.23. The summed E-state index contributed by atoms with van der Waals surface area (Å²) in [6.45, 7) is 1.52. The molecular weight excluding hydrogens is 327 g/mol. The molecule has 1 saturated heterocycles. The first-order valence-corrected chi connectivity index (χ1v) is 8.59. The molecule has 0 spiro atoms. The van der Waals surface area contributed by atoms with Crippen LogP contribution in [-0.2, 0) is 14.6 Å². The minimum atomic E-state index is -3.77. The first-order chi connectivity index (χ1) is 10.7. The highest BCUT2D eigenvalue weighted by atomic mass is 32.2. The van der Waals surface area contributed by atoms with Crippen molar-refractivity contribution >= 4 is 21.8 Å². The third-order valence-electron chi connectivity index (χ3n) is 3.74. The number of sulfone groups is 1. The van der Waals surface area contributed by atoms with Crippen LogP contribution >= 0.6 is 0 Å². The lowest BCUT2D eigenvalue weighted by molar-refractivity contribution is -0.132. The van der Waals surface area contributed by atoms with Gasteiger partial charge in [0.25, 0.3) is 0 Å². The van der Waals surface area contributed by atoms with Gasteiger partial charge in [-0.1, -0.05) is 0 Å². The molecule has 1 fully saturated rings. The van der Waals surface area contributed by atoms with Crippen LogP contribution in [0.1, 0.15) is 6.92 Å². The molecular formula is C14H17FN2O5S. The molecule has 0 bridgehead atoms.